The minimum atomic E-state index is -4.47. The van der Waals surface area contributed by atoms with Crippen LogP contribution in [0.1, 0.15) is 44.9 Å². The lowest BCUT2D eigenvalue weighted by molar-refractivity contribution is -0.163. The van der Waals surface area contributed by atoms with Crippen LogP contribution in [0.2, 0.25) is 0 Å². The number of nitrogens with two attached hydrogens (primary N) is 1. The summed E-state index contributed by atoms with van der Waals surface area (Å²) in [7, 11) is 0. The van der Waals surface area contributed by atoms with Crippen molar-refractivity contribution >= 4 is 11.7 Å². The summed E-state index contributed by atoms with van der Waals surface area (Å²) in [6.07, 6.45) is -0.247. The van der Waals surface area contributed by atoms with Crippen LogP contribution < -0.4 is 5.73 Å². The molecule has 2 aliphatic rings. The number of hydrogen-bond donors (Lipinski definition) is 3. The second-order valence-electron chi connectivity index (χ2n) is 7.05. The number of ether oxygens (including phenoxy) is 1. The first kappa shape index (κ1) is 20.9. The molecule has 0 aromatic heterocycles. The molecule has 1 aliphatic heterocycles. The molecule has 0 spiro atoms. The third-order valence-electron chi connectivity index (χ3n) is 4.75. The third-order valence-corrected chi connectivity index (χ3v) is 4.75. The molecule has 0 aromatic rings. The molecule has 148 valence electrons. The molecule has 26 heavy (non-hydrogen) atoms. The van der Waals surface area contributed by atoms with Gasteiger partial charge in [-0.15, -0.1) is 0 Å². The number of hydrogen-bond acceptors (Lipinski definition) is 5. The zero-order valence-electron chi connectivity index (χ0n) is 14.4. The van der Waals surface area contributed by atoms with E-state index in [1.54, 1.807) is 6.08 Å². The predicted molar refractivity (Wildman–Crippen MR) is 88.7 cm³/mol. The molecular formula is C17H25F3N2O4. The van der Waals surface area contributed by atoms with Crippen LogP contribution in [0.25, 0.3) is 0 Å². The Bertz CT molecular complexity index is 561. The maximum absolute atomic E-state index is 12.4. The second-order valence-corrected chi connectivity index (χ2v) is 7.05. The van der Waals surface area contributed by atoms with Crippen molar-refractivity contribution in [2.45, 2.75) is 68.9 Å². The third kappa shape index (κ3) is 6.37. The Morgan fingerprint density at radius 1 is 1.42 bits per heavy atom. The van der Waals surface area contributed by atoms with Gasteiger partial charge in [-0.2, -0.15) is 13.2 Å². The van der Waals surface area contributed by atoms with Crippen molar-refractivity contribution in [3.63, 3.8) is 0 Å². The van der Waals surface area contributed by atoms with Gasteiger partial charge in [0.2, 0.25) is 0 Å². The van der Waals surface area contributed by atoms with Gasteiger partial charge in [0.05, 0.1) is 6.10 Å². The highest BCUT2D eigenvalue weighted by atomic mass is 19.4. The van der Waals surface area contributed by atoms with Gasteiger partial charge in [-0.3, -0.25) is 4.99 Å². The molecule has 3 atom stereocenters. The maximum Gasteiger partial charge on any atom is 0.389 e. The van der Waals surface area contributed by atoms with Gasteiger partial charge in [-0.25, -0.2) is 4.79 Å². The monoisotopic (exact) mass is 378 g/mol. The van der Waals surface area contributed by atoms with E-state index < -0.39 is 43.1 Å². The molecule has 1 saturated carbocycles. The number of aliphatic hydroxyl groups is 1. The van der Waals surface area contributed by atoms with Crippen LogP contribution in [-0.2, 0) is 9.53 Å². The molecule has 1 heterocycles. The van der Waals surface area contributed by atoms with Gasteiger partial charge in [0.25, 0.3) is 0 Å². The van der Waals surface area contributed by atoms with Crippen molar-refractivity contribution in [2.24, 2.45) is 16.6 Å². The Balaban J connectivity index is 1.91. The molecule has 1 unspecified atom stereocenters. The van der Waals surface area contributed by atoms with Crippen molar-refractivity contribution in [3.8, 4) is 0 Å². The first-order valence-electron chi connectivity index (χ1n) is 8.72. The van der Waals surface area contributed by atoms with Gasteiger partial charge in [-0.1, -0.05) is 12.8 Å². The van der Waals surface area contributed by atoms with Crippen LogP contribution in [0.4, 0.5) is 13.2 Å². The summed E-state index contributed by atoms with van der Waals surface area (Å²) in [6, 6.07) is -1.57. The Labute approximate surface area is 149 Å². The fourth-order valence-electron chi connectivity index (χ4n) is 2.86. The molecule has 4 N–H and O–H groups in total. The molecule has 0 amide bonds. The summed E-state index contributed by atoms with van der Waals surface area (Å²) in [5.41, 5.74) is 3.44. The van der Waals surface area contributed by atoms with E-state index in [9.17, 15) is 28.2 Å². The fraction of sp³-hybridized carbons (Fsp3) is 0.765. The van der Waals surface area contributed by atoms with Crippen LogP contribution >= 0.6 is 0 Å². The molecule has 0 saturated heterocycles. The minimum Gasteiger partial charge on any atom is -0.479 e. The number of aliphatic imine (C=N–C) groups is 1. The van der Waals surface area contributed by atoms with Crippen molar-refractivity contribution in [3.05, 3.63) is 12.3 Å². The van der Waals surface area contributed by atoms with E-state index in [2.05, 4.69) is 4.99 Å². The van der Waals surface area contributed by atoms with Gasteiger partial charge in [-0.05, 0) is 24.8 Å². The first-order chi connectivity index (χ1) is 12.1. The van der Waals surface area contributed by atoms with Crippen LogP contribution in [0.5, 0.6) is 0 Å². The van der Waals surface area contributed by atoms with Gasteiger partial charge in [0, 0.05) is 43.8 Å². The van der Waals surface area contributed by atoms with Crippen LogP contribution in [0, 0.1) is 5.92 Å². The number of rotatable bonds is 10. The standard InChI is InChI=1S/C17H25F3N2O4/c18-17(19,20)6-3-14(21)16(25,15(23)24)10-12-9-13(4-7-22-12)26-8-5-11-1-2-11/h4,7,11,13-14,25H,1-3,5-6,8-10,21H2,(H,23,24)/t13?,14-,16+/m0/s1. The number of nitrogens with zero attached hydrogens (tertiary/aromatic N) is 1. The lowest BCUT2D eigenvalue weighted by Crippen LogP contribution is -2.55. The highest BCUT2D eigenvalue weighted by Gasteiger charge is 2.45. The van der Waals surface area contributed by atoms with Gasteiger partial charge in [0.1, 0.15) is 0 Å². The lowest BCUT2D eigenvalue weighted by Gasteiger charge is -2.31. The SMILES string of the molecule is N[C@@H](CCC(F)(F)F)[C@](O)(CC1=NC=CC(OCCC2CC2)C1)C(=O)O. The van der Waals surface area contributed by atoms with Crippen molar-refractivity contribution in [2.75, 3.05) is 6.61 Å². The van der Waals surface area contributed by atoms with Gasteiger partial charge in [0.15, 0.2) is 5.60 Å². The molecule has 6 nitrogen and oxygen atoms in total. The first-order valence-corrected chi connectivity index (χ1v) is 8.72. The smallest absolute Gasteiger partial charge is 0.389 e. The zero-order chi connectivity index (χ0) is 19.4. The van der Waals surface area contributed by atoms with E-state index in [-0.39, 0.29) is 12.5 Å². The van der Waals surface area contributed by atoms with E-state index in [1.807, 2.05) is 0 Å². The van der Waals surface area contributed by atoms with Gasteiger partial charge < -0.3 is 20.7 Å². The fourth-order valence-corrected chi connectivity index (χ4v) is 2.86. The molecule has 0 aromatic carbocycles. The highest BCUT2D eigenvalue weighted by Crippen LogP contribution is 2.32. The Morgan fingerprint density at radius 2 is 2.12 bits per heavy atom. The van der Waals surface area contributed by atoms with Crippen molar-refractivity contribution in [1.29, 1.82) is 0 Å². The molecule has 0 bridgehead atoms. The molecule has 1 fully saturated rings. The molecule has 1 aliphatic carbocycles. The largest absolute Gasteiger partial charge is 0.479 e. The van der Waals surface area contributed by atoms with E-state index in [1.165, 1.54) is 19.0 Å². The van der Waals surface area contributed by atoms with Crippen LogP contribution in [0.3, 0.4) is 0 Å². The number of carboxylic acid groups (broad SMARTS) is 1. The van der Waals surface area contributed by atoms with Crippen molar-refractivity contribution < 1.29 is 32.9 Å². The second kappa shape index (κ2) is 8.49. The summed E-state index contributed by atoms with van der Waals surface area (Å²) in [6.45, 7) is 0.585. The van der Waals surface area contributed by atoms with E-state index in [4.69, 9.17) is 10.5 Å². The van der Waals surface area contributed by atoms with Gasteiger partial charge >= 0.3 is 12.1 Å². The van der Waals surface area contributed by atoms with E-state index >= 15 is 0 Å². The molecule has 2 rings (SSSR count). The number of alkyl halides is 3. The quantitative estimate of drug-likeness (QED) is 0.541. The van der Waals surface area contributed by atoms with E-state index in [0.29, 0.717) is 12.3 Å². The summed E-state index contributed by atoms with van der Waals surface area (Å²) in [5.74, 6) is -0.935. The summed E-state index contributed by atoms with van der Waals surface area (Å²) in [4.78, 5) is 15.5. The van der Waals surface area contributed by atoms with E-state index in [0.717, 1.165) is 12.3 Å². The summed E-state index contributed by atoms with van der Waals surface area (Å²) >= 11 is 0. The lowest BCUT2D eigenvalue weighted by atomic mass is 9.84. The summed E-state index contributed by atoms with van der Waals surface area (Å²) in [5, 5.41) is 19.7. The Morgan fingerprint density at radius 3 is 2.69 bits per heavy atom. The average Bonchev–Trinajstić information content (AvgIpc) is 3.36. The predicted octanol–water partition coefficient (Wildman–Crippen LogP) is 2.41. The number of aliphatic carboxylic acids is 1. The number of halogens is 3. The number of carbonyl (C=O) groups is 1. The number of carboxylic acids is 1. The Kier molecular flexibility index (Phi) is 6.81. The molecule has 0 radical (unpaired) electrons. The highest BCUT2D eigenvalue weighted by molar-refractivity contribution is 5.93. The summed E-state index contributed by atoms with van der Waals surface area (Å²) < 4.78 is 42.8. The minimum absolute atomic E-state index is 0.281. The maximum atomic E-state index is 12.4. The van der Waals surface area contributed by atoms with Crippen LogP contribution in [0.15, 0.2) is 17.3 Å². The van der Waals surface area contributed by atoms with Crippen LogP contribution in [-0.4, -0.2) is 52.4 Å². The normalized spacial score (nSPS) is 24.0. The Hall–Kier alpha value is -1.45. The molecular weight excluding hydrogens is 353 g/mol. The topological polar surface area (TPSA) is 105 Å². The zero-order valence-corrected chi connectivity index (χ0v) is 14.4. The van der Waals surface area contributed by atoms with Crippen molar-refractivity contribution in [1.82, 2.24) is 0 Å². The molecule has 9 heteroatoms. The average molecular weight is 378 g/mol.